The fourth-order valence-electron chi connectivity index (χ4n) is 2.66. The Morgan fingerprint density at radius 1 is 1.07 bits per heavy atom. The van der Waals surface area contributed by atoms with Gasteiger partial charge in [0.05, 0.1) is 17.3 Å². The second-order valence-electron chi connectivity index (χ2n) is 6.01. The summed E-state index contributed by atoms with van der Waals surface area (Å²) in [7, 11) is 0. The molecule has 6 nitrogen and oxygen atoms in total. The zero-order valence-corrected chi connectivity index (χ0v) is 16.6. The summed E-state index contributed by atoms with van der Waals surface area (Å²) in [4.78, 5) is 38.2. The van der Waals surface area contributed by atoms with Gasteiger partial charge in [-0.05, 0) is 55.3 Å². The van der Waals surface area contributed by atoms with Crippen LogP contribution in [-0.4, -0.2) is 24.5 Å². The highest BCUT2D eigenvalue weighted by atomic mass is 35.5. The summed E-state index contributed by atoms with van der Waals surface area (Å²) in [6, 6.07) is 8.81. The zero-order chi connectivity index (χ0) is 20.4. The number of ether oxygens (including phenoxy) is 1. The minimum atomic E-state index is -0.836. The van der Waals surface area contributed by atoms with Crippen LogP contribution in [-0.2, 0) is 9.59 Å². The van der Waals surface area contributed by atoms with Crippen molar-refractivity contribution in [2.45, 2.75) is 13.8 Å². The minimum Gasteiger partial charge on any atom is -0.492 e. The predicted octanol–water partition coefficient (Wildman–Crippen LogP) is 4.37. The van der Waals surface area contributed by atoms with Crippen LogP contribution in [0.4, 0.5) is 10.5 Å². The number of carbonyl (C=O) groups is 3. The van der Waals surface area contributed by atoms with Crippen molar-refractivity contribution in [3.05, 3.63) is 63.1 Å². The molecule has 1 aliphatic rings. The molecule has 0 spiro atoms. The van der Waals surface area contributed by atoms with E-state index in [2.05, 4.69) is 5.32 Å². The van der Waals surface area contributed by atoms with Crippen molar-refractivity contribution in [1.82, 2.24) is 5.32 Å². The van der Waals surface area contributed by atoms with Crippen LogP contribution in [0.15, 0.2) is 42.0 Å². The summed E-state index contributed by atoms with van der Waals surface area (Å²) < 4.78 is 5.37. The molecule has 1 heterocycles. The van der Waals surface area contributed by atoms with E-state index in [1.807, 2.05) is 6.92 Å². The Morgan fingerprint density at radius 2 is 1.82 bits per heavy atom. The molecule has 0 aromatic heterocycles. The number of amides is 4. The number of nitrogens with zero attached hydrogens (tertiary/aromatic N) is 1. The van der Waals surface area contributed by atoms with Crippen molar-refractivity contribution in [3.63, 3.8) is 0 Å². The Hall–Kier alpha value is -2.83. The standard InChI is InChI=1S/C20H16Cl2N2O4/c1-3-28-17-7-5-12(9-16(17)22)8-14-18(25)23-20(27)24(19(14)26)13-6-4-11(2)15(21)10-13/h4-10H,3H2,1-2H3,(H,23,25,27)/b14-8+. The molecule has 28 heavy (non-hydrogen) atoms. The summed E-state index contributed by atoms with van der Waals surface area (Å²) in [6.07, 6.45) is 1.37. The van der Waals surface area contributed by atoms with Gasteiger partial charge >= 0.3 is 6.03 Å². The monoisotopic (exact) mass is 418 g/mol. The van der Waals surface area contributed by atoms with E-state index >= 15 is 0 Å². The molecule has 1 aliphatic heterocycles. The van der Waals surface area contributed by atoms with Gasteiger partial charge in [0.1, 0.15) is 11.3 Å². The summed E-state index contributed by atoms with van der Waals surface area (Å²) in [5.41, 5.74) is 1.38. The third kappa shape index (κ3) is 3.88. The Morgan fingerprint density at radius 3 is 2.46 bits per heavy atom. The molecule has 0 atom stereocenters. The summed E-state index contributed by atoms with van der Waals surface area (Å²) in [5, 5.41) is 2.91. The summed E-state index contributed by atoms with van der Waals surface area (Å²) >= 11 is 12.3. The highest BCUT2D eigenvalue weighted by Crippen LogP contribution is 2.29. The number of nitrogens with one attached hydrogen (secondary N) is 1. The molecule has 1 fully saturated rings. The maximum Gasteiger partial charge on any atom is 0.335 e. The van der Waals surface area contributed by atoms with Crippen LogP contribution < -0.4 is 15.0 Å². The number of hydrogen-bond donors (Lipinski definition) is 1. The highest BCUT2D eigenvalue weighted by Gasteiger charge is 2.37. The number of hydrogen-bond acceptors (Lipinski definition) is 4. The van der Waals surface area contributed by atoms with Crippen molar-refractivity contribution < 1.29 is 19.1 Å². The lowest BCUT2D eigenvalue weighted by Crippen LogP contribution is -2.54. The molecular weight excluding hydrogens is 403 g/mol. The number of carbonyl (C=O) groups excluding carboxylic acids is 3. The molecule has 144 valence electrons. The number of barbiturate groups is 1. The lowest BCUT2D eigenvalue weighted by Gasteiger charge is -2.26. The molecule has 0 radical (unpaired) electrons. The lowest BCUT2D eigenvalue weighted by atomic mass is 10.1. The van der Waals surface area contributed by atoms with Crippen LogP contribution >= 0.6 is 23.2 Å². The number of halogens is 2. The van der Waals surface area contributed by atoms with E-state index in [4.69, 9.17) is 27.9 Å². The largest absolute Gasteiger partial charge is 0.492 e. The molecule has 4 amide bonds. The molecule has 1 N–H and O–H groups in total. The highest BCUT2D eigenvalue weighted by molar-refractivity contribution is 6.39. The van der Waals surface area contributed by atoms with E-state index in [-0.39, 0.29) is 11.3 Å². The van der Waals surface area contributed by atoms with Crippen LogP contribution in [0.3, 0.4) is 0 Å². The van der Waals surface area contributed by atoms with Crippen molar-refractivity contribution in [2.75, 3.05) is 11.5 Å². The van der Waals surface area contributed by atoms with Gasteiger partial charge in [-0.25, -0.2) is 9.69 Å². The van der Waals surface area contributed by atoms with Crippen LogP contribution in [0.25, 0.3) is 6.08 Å². The first-order chi connectivity index (χ1) is 13.3. The second-order valence-corrected chi connectivity index (χ2v) is 6.83. The van der Waals surface area contributed by atoms with Crippen LogP contribution in [0, 0.1) is 6.92 Å². The third-order valence-electron chi connectivity index (χ3n) is 4.08. The molecule has 2 aromatic rings. The first-order valence-electron chi connectivity index (χ1n) is 8.41. The topological polar surface area (TPSA) is 75.7 Å². The number of rotatable bonds is 4. The number of benzene rings is 2. The first-order valence-corrected chi connectivity index (χ1v) is 9.17. The van der Waals surface area contributed by atoms with Gasteiger partial charge < -0.3 is 4.74 Å². The van der Waals surface area contributed by atoms with Crippen LogP contribution in [0.2, 0.25) is 10.0 Å². The smallest absolute Gasteiger partial charge is 0.335 e. The molecule has 1 saturated heterocycles. The van der Waals surface area contributed by atoms with E-state index < -0.39 is 17.8 Å². The van der Waals surface area contributed by atoms with Crippen molar-refractivity contribution in [3.8, 4) is 5.75 Å². The van der Waals surface area contributed by atoms with Gasteiger partial charge in [-0.1, -0.05) is 35.3 Å². The summed E-state index contributed by atoms with van der Waals surface area (Å²) in [5.74, 6) is -1.04. The quantitative estimate of drug-likeness (QED) is 0.590. The number of urea groups is 1. The first kappa shape index (κ1) is 19.9. The van der Waals surface area contributed by atoms with Crippen molar-refractivity contribution in [1.29, 1.82) is 0 Å². The molecule has 2 aromatic carbocycles. The molecule has 3 rings (SSSR count). The fourth-order valence-corrected chi connectivity index (χ4v) is 3.08. The van der Waals surface area contributed by atoms with Gasteiger partial charge in [-0.15, -0.1) is 0 Å². The Labute approximate surface area is 171 Å². The predicted molar refractivity (Wildman–Crippen MR) is 108 cm³/mol. The maximum atomic E-state index is 12.9. The van der Waals surface area contributed by atoms with Crippen LogP contribution in [0.5, 0.6) is 5.75 Å². The Balaban J connectivity index is 1.98. The molecule has 0 unspecified atom stereocenters. The van der Waals surface area contributed by atoms with Gasteiger partial charge in [0, 0.05) is 5.02 Å². The van der Waals surface area contributed by atoms with Gasteiger partial charge in [-0.3, -0.25) is 14.9 Å². The fraction of sp³-hybridized carbons (Fsp3) is 0.150. The maximum absolute atomic E-state index is 12.9. The molecule has 0 saturated carbocycles. The molecule has 0 aliphatic carbocycles. The zero-order valence-electron chi connectivity index (χ0n) is 15.1. The van der Waals surface area contributed by atoms with Gasteiger partial charge in [0.25, 0.3) is 11.8 Å². The van der Waals surface area contributed by atoms with E-state index in [1.165, 1.54) is 12.1 Å². The number of imide groups is 2. The van der Waals surface area contributed by atoms with Gasteiger partial charge in [0.2, 0.25) is 0 Å². The van der Waals surface area contributed by atoms with Gasteiger partial charge in [-0.2, -0.15) is 0 Å². The van der Waals surface area contributed by atoms with E-state index in [9.17, 15) is 14.4 Å². The number of aryl methyl sites for hydroxylation is 1. The van der Waals surface area contributed by atoms with E-state index in [0.717, 1.165) is 10.5 Å². The molecule has 8 heteroatoms. The second kappa shape index (κ2) is 8.04. The van der Waals surface area contributed by atoms with E-state index in [1.54, 1.807) is 37.3 Å². The average Bonchev–Trinajstić information content (AvgIpc) is 2.63. The van der Waals surface area contributed by atoms with Gasteiger partial charge in [0.15, 0.2) is 0 Å². The normalized spacial score (nSPS) is 15.8. The molecular formula is C20H16Cl2N2O4. The third-order valence-corrected chi connectivity index (χ3v) is 4.78. The SMILES string of the molecule is CCOc1ccc(/C=C2\C(=O)NC(=O)N(c3ccc(C)c(Cl)c3)C2=O)cc1Cl. The Bertz CT molecular complexity index is 1020. The molecule has 0 bridgehead atoms. The minimum absolute atomic E-state index is 0.198. The van der Waals surface area contributed by atoms with Crippen LogP contribution in [0.1, 0.15) is 18.1 Å². The van der Waals surface area contributed by atoms with Crippen molar-refractivity contribution >= 4 is 52.8 Å². The summed E-state index contributed by atoms with van der Waals surface area (Å²) in [6.45, 7) is 4.09. The average molecular weight is 419 g/mol. The van der Waals surface area contributed by atoms with Crippen molar-refractivity contribution in [2.24, 2.45) is 0 Å². The number of anilines is 1. The lowest BCUT2D eigenvalue weighted by molar-refractivity contribution is -0.122. The Kier molecular flexibility index (Phi) is 5.72. The van der Waals surface area contributed by atoms with E-state index in [0.29, 0.717) is 28.0 Å².